The maximum atomic E-state index is 12.6. The minimum Gasteiger partial charge on any atom is -0.497 e. The highest BCUT2D eigenvalue weighted by atomic mass is 35.5. The molecule has 0 aliphatic carbocycles. The van der Waals surface area contributed by atoms with Crippen molar-refractivity contribution in [3.63, 3.8) is 0 Å². The number of anilines is 1. The Labute approximate surface area is 166 Å². The quantitative estimate of drug-likeness (QED) is 0.616. The van der Waals surface area contributed by atoms with Crippen molar-refractivity contribution < 1.29 is 17.9 Å². The van der Waals surface area contributed by atoms with Crippen molar-refractivity contribution in [2.45, 2.75) is 17.9 Å². The molecule has 2 aromatic rings. The molecule has 9 heteroatoms. The Morgan fingerprint density at radius 2 is 1.74 bits per heavy atom. The Morgan fingerprint density at radius 1 is 1.11 bits per heavy atom. The third-order valence-electron chi connectivity index (χ3n) is 3.85. The highest BCUT2D eigenvalue weighted by Gasteiger charge is 2.18. The molecule has 0 aromatic heterocycles. The fraction of sp³-hybridized carbons (Fsp3) is 0.278. The standard InChI is InChI=1S/C18H23N3O4S.ClH/c1-13(19-2)12-20-18(22)16-6-4-5-7-17(16)21-26(23,24)15-10-8-14(25-3)9-11-15;/h4-11,13,19,21H,12H2,1-3H3,(H,20,22);1H. The Kier molecular flexibility index (Phi) is 8.55. The fourth-order valence-corrected chi connectivity index (χ4v) is 3.25. The molecule has 0 fully saturated rings. The third kappa shape index (κ3) is 6.13. The molecule has 0 bridgehead atoms. The van der Waals surface area contributed by atoms with Crippen LogP contribution in [0.15, 0.2) is 53.4 Å². The Balaban J connectivity index is 0.00000364. The molecule has 148 valence electrons. The van der Waals surface area contributed by atoms with Crippen LogP contribution < -0.4 is 20.1 Å². The van der Waals surface area contributed by atoms with E-state index in [1.54, 1.807) is 43.4 Å². The SMILES string of the molecule is CNC(C)CNC(=O)c1ccccc1NS(=O)(=O)c1ccc(OC)cc1.Cl. The molecule has 0 aliphatic rings. The van der Waals surface area contributed by atoms with Gasteiger partial charge < -0.3 is 15.4 Å². The highest BCUT2D eigenvalue weighted by molar-refractivity contribution is 7.92. The van der Waals surface area contributed by atoms with Gasteiger partial charge in [-0.15, -0.1) is 12.4 Å². The molecule has 1 unspecified atom stereocenters. The van der Waals surface area contributed by atoms with Crippen LogP contribution in [0.25, 0.3) is 0 Å². The monoisotopic (exact) mass is 413 g/mol. The maximum absolute atomic E-state index is 12.6. The molecular weight excluding hydrogens is 390 g/mol. The molecule has 2 rings (SSSR count). The Bertz CT molecular complexity index is 857. The molecule has 0 saturated carbocycles. The summed E-state index contributed by atoms with van der Waals surface area (Å²) in [6.45, 7) is 2.35. The van der Waals surface area contributed by atoms with Crippen molar-refractivity contribution >= 4 is 34.0 Å². The van der Waals surface area contributed by atoms with E-state index in [0.29, 0.717) is 12.3 Å². The first kappa shape index (κ1) is 22.8. The van der Waals surface area contributed by atoms with E-state index >= 15 is 0 Å². The van der Waals surface area contributed by atoms with Crippen LogP contribution in [0.2, 0.25) is 0 Å². The van der Waals surface area contributed by atoms with E-state index in [-0.39, 0.29) is 40.5 Å². The normalized spacial score (nSPS) is 11.8. The van der Waals surface area contributed by atoms with Gasteiger partial charge in [-0.2, -0.15) is 0 Å². The average molecular weight is 414 g/mol. The first-order valence-corrected chi connectivity index (χ1v) is 9.57. The van der Waals surface area contributed by atoms with Gasteiger partial charge in [-0.05, 0) is 50.4 Å². The van der Waals surface area contributed by atoms with E-state index in [1.807, 2.05) is 6.92 Å². The number of para-hydroxylation sites is 1. The van der Waals surface area contributed by atoms with Crippen molar-refractivity contribution in [2.24, 2.45) is 0 Å². The molecule has 2 aromatic carbocycles. The third-order valence-corrected chi connectivity index (χ3v) is 5.23. The van der Waals surface area contributed by atoms with E-state index in [1.165, 1.54) is 19.2 Å². The maximum Gasteiger partial charge on any atom is 0.261 e. The molecule has 1 atom stereocenters. The summed E-state index contributed by atoms with van der Waals surface area (Å²) in [6, 6.07) is 12.6. The van der Waals surface area contributed by atoms with Crippen LogP contribution in [0.1, 0.15) is 17.3 Å². The molecule has 0 saturated heterocycles. The van der Waals surface area contributed by atoms with Gasteiger partial charge >= 0.3 is 0 Å². The van der Waals surface area contributed by atoms with E-state index in [9.17, 15) is 13.2 Å². The summed E-state index contributed by atoms with van der Waals surface area (Å²) in [5.74, 6) is 0.211. The minimum absolute atomic E-state index is 0. The van der Waals surface area contributed by atoms with Crippen LogP contribution in [0.3, 0.4) is 0 Å². The van der Waals surface area contributed by atoms with E-state index in [4.69, 9.17) is 4.74 Å². The van der Waals surface area contributed by atoms with Gasteiger partial charge in [0.1, 0.15) is 5.75 Å². The molecular formula is C18H24ClN3O4S. The summed E-state index contributed by atoms with van der Waals surface area (Å²) in [5.41, 5.74) is 0.478. The number of halogens is 1. The summed E-state index contributed by atoms with van der Waals surface area (Å²) in [4.78, 5) is 12.5. The molecule has 0 radical (unpaired) electrons. The van der Waals surface area contributed by atoms with Gasteiger partial charge in [-0.3, -0.25) is 9.52 Å². The number of carbonyl (C=O) groups is 1. The lowest BCUT2D eigenvalue weighted by Crippen LogP contribution is -2.37. The van der Waals surface area contributed by atoms with E-state index in [0.717, 1.165) is 0 Å². The number of likely N-dealkylation sites (N-methyl/N-ethyl adjacent to an activating group) is 1. The Hall–Kier alpha value is -2.29. The van der Waals surface area contributed by atoms with Crippen LogP contribution in [0.5, 0.6) is 5.75 Å². The number of rotatable bonds is 8. The van der Waals surface area contributed by atoms with Gasteiger partial charge in [0, 0.05) is 12.6 Å². The molecule has 1 amide bonds. The molecule has 0 aliphatic heterocycles. The zero-order valence-corrected chi connectivity index (χ0v) is 17.0. The number of ether oxygens (including phenoxy) is 1. The van der Waals surface area contributed by atoms with Crippen molar-refractivity contribution in [2.75, 3.05) is 25.4 Å². The lowest BCUT2D eigenvalue weighted by molar-refractivity contribution is 0.0951. The van der Waals surface area contributed by atoms with Crippen LogP contribution in [-0.4, -0.2) is 41.1 Å². The average Bonchev–Trinajstić information content (AvgIpc) is 2.66. The van der Waals surface area contributed by atoms with Gasteiger partial charge in [-0.25, -0.2) is 8.42 Å². The number of methoxy groups -OCH3 is 1. The second-order valence-electron chi connectivity index (χ2n) is 5.73. The second kappa shape index (κ2) is 10.1. The minimum atomic E-state index is -3.83. The van der Waals surface area contributed by atoms with Crippen molar-refractivity contribution in [1.82, 2.24) is 10.6 Å². The number of nitrogens with one attached hydrogen (secondary N) is 3. The van der Waals surface area contributed by atoms with Crippen molar-refractivity contribution in [3.05, 3.63) is 54.1 Å². The lowest BCUT2D eigenvalue weighted by Gasteiger charge is -2.15. The predicted octanol–water partition coefficient (Wildman–Crippen LogP) is 2.26. The lowest BCUT2D eigenvalue weighted by atomic mass is 10.1. The topological polar surface area (TPSA) is 96.5 Å². The fourth-order valence-electron chi connectivity index (χ4n) is 2.17. The summed E-state index contributed by atoms with van der Waals surface area (Å²) < 4.78 is 32.7. The molecule has 0 heterocycles. The summed E-state index contributed by atoms with van der Waals surface area (Å²) in [7, 11) is -0.523. The van der Waals surface area contributed by atoms with Crippen LogP contribution in [0.4, 0.5) is 5.69 Å². The molecule has 3 N–H and O–H groups in total. The number of amides is 1. The molecule has 7 nitrogen and oxygen atoms in total. The largest absolute Gasteiger partial charge is 0.497 e. The summed E-state index contributed by atoms with van der Waals surface area (Å²) in [5, 5.41) is 5.80. The summed E-state index contributed by atoms with van der Waals surface area (Å²) >= 11 is 0. The second-order valence-corrected chi connectivity index (χ2v) is 7.41. The van der Waals surface area contributed by atoms with Gasteiger partial charge in [0.25, 0.3) is 15.9 Å². The zero-order chi connectivity index (χ0) is 19.2. The first-order chi connectivity index (χ1) is 12.4. The highest BCUT2D eigenvalue weighted by Crippen LogP contribution is 2.21. The summed E-state index contributed by atoms with van der Waals surface area (Å²) in [6.07, 6.45) is 0. The number of hydrogen-bond donors (Lipinski definition) is 3. The predicted molar refractivity (Wildman–Crippen MR) is 108 cm³/mol. The van der Waals surface area contributed by atoms with Gasteiger partial charge in [0.2, 0.25) is 0 Å². The number of sulfonamides is 1. The van der Waals surface area contributed by atoms with Crippen LogP contribution >= 0.6 is 12.4 Å². The Morgan fingerprint density at radius 3 is 2.33 bits per heavy atom. The number of benzene rings is 2. The van der Waals surface area contributed by atoms with Crippen LogP contribution in [-0.2, 0) is 10.0 Å². The number of hydrogen-bond acceptors (Lipinski definition) is 5. The van der Waals surface area contributed by atoms with E-state index in [2.05, 4.69) is 15.4 Å². The molecule has 0 spiro atoms. The van der Waals surface area contributed by atoms with Crippen molar-refractivity contribution in [1.29, 1.82) is 0 Å². The van der Waals surface area contributed by atoms with Gasteiger partial charge in [-0.1, -0.05) is 12.1 Å². The van der Waals surface area contributed by atoms with Crippen molar-refractivity contribution in [3.8, 4) is 5.75 Å². The van der Waals surface area contributed by atoms with Gasteiger partial charge in [0.05, 0.1) is 23.3 Å². The van der Waals surface area contributed by atoms with E-state index < -0.39 is 10.0 Å². The van der Waals surface area contributed by atoms with Crippen LogP contribution in [0, 0.1) is 0 Å². The number of carbonyl (C=O) groups excluding carboxylic acids is 1. The van der Waals surface area contributed by atoms with Gasteiger partial charge in [0.15, 0.2) is 0 Å². The zero-order valence-electron chi connectivity index (χ0n) is 15.4. The molecule has 27 heavy (non-hydrogen) atoms. The smallest absolute Gasteiger partial charge is 0.261 e. The first-order valence-electron chi connectivity index (χ1n) is 8.08.